The molecule has 0 aliphatic carbocycles. The van der Waals surface area contributed by atoms with Gasteiger partial charge in [0.05, 0.1) is 18.1 Å². The number of nitrogens with one attached hydrogen (secondary N) is 1. The van der Waals surface area contributed by atoms with Gasteiger partial charge in [-0.1, -0.05) is 11.6 Å². The summed E-state index contributed by atoms with van der Waals surface area (Å²) in [5, 5.41) is 14.5. The maximum atomic E-state index is 12.1. The van der Waals surface area contributed by atoms with Gasteiger partial charge in [0.1, 0.15) is 17.0 Å². The van der Waals surface area contributed by atoms with E-state index in [-0.39, 0.29) is 22.9 Å². The molecule has 0 aliphatic rings. The number of rotatable bonds is 6. The van der Waals surface area contributed by atoms with Crippen LogP contribution in [0.4, 0.5) is 11.4 Å². The zero-order valence-electron chi connectivity index (χ0n) is 14.4. The van der Waals surface area contributed by atoms with Crippen molar-refractivity contribution in [2.24, 2.45) is 0 Å². The van der Waals surface area contributed by atoms with Crippen LogP contribution in [0, 0.1) is 10.1 Å². The fraction of sp³-hybridized carbons (Fsp3) is 0.111. The number of hydrogen-bond donors (Lipinski definition) is 1. The van der Waals surface area contributed by atoms with Crippen molar-refractivity contribution < 1.29 is 28.4 Å². The number of carbonyl (C=O) groups is 2. The van der Waals surface area contributed by atoms with E-state index in [1.54, 1.807) is 18.2 Å². The van der Waals surface area contributed by atoms with E-state index in [4.69, 9.17) is 25.5 Å². The van der Waals surface area contributed by atoms with Crippen LogP contribution in [0.3, 0.4) is 0 Å². The van der Waals surface area contributed by atoms with Gasteiger partial charge in [0.2, 0.25) is 5.76 Å². The maximum absolute atomic E-state index is 12.1. The van der Waals surface area contributed by atoms with Crippen LogP contribution in [0.2, 0.25) is 5.02 Å². The number of furan rings is 1. The van der Waals surface area contributed by atoms with Crippen LogP contribution in [0.15, 0.2) is 46.9 Å². The molecule has 144 valence electrons. The summed E-state index contributed by atoms with van der Waals surface area (Å²) >= 11 is 5.87. The summed E-state index contributed by atoms with van der Waals surface area (Å²) in [6, 6.07) is 10.2. The molecular formula is C18H13ClN2O7. The molecule has 28 heavy (non-hydrogen) atoms. The average Bonchev–Trinajstić information content (AvgIpc) is 3.09. The molecule has 1 aromatic heterocycles. The molecule has 0 saturated carbocycles. The topological polar surface area (TPSA) is 121 Å². The zero-order valence-corrected chi connectivity index (χ0v) is 15.2. The van der Waals surface area contributed by atoms with E-state index in [1.165, 1.54) is 31.4 Å². The smallest absolute Gasteiger partial charge is 0.374 e. The SMILES string of the molecule is COc1ccc(NC(=O)COC(=O)c2cc3cc(Cl)ccc3o2)c([N+](=O)[O-])c1. The van der Waals surface area contributed by atoms with Gasteiger partial charge in [0.25, 0.3) is 11.6 Å². The fourth-order valence-corrected chi connectivity index (χ4v) is 2.58. The molecular weight excluding hydrogens is 392 g/mol. The Labute approximate surface area is 162 Å². The van der Waals surface area contributed by atoms with Crippen LogP contribution in [0.5, 0.6) is 5.75 Å². The highest BCUT2D eigenvalue weighted by molar-refractivity contribution is 6.31. The molecule has 1 N–H and O–H groups in total. The molecule has 3 rings (SSSR count). The Balaban J connectivity index is 1.65. The van der Waals surface area contributed by atoms with Crippen LogP contribution >= 0.6 is 11.6 Å². The monoisotopic (exact) mass is 404 g/mol. The van der Waals surface area contributed by atoms with Gasteiger partial charge in [0, 0.05) is 10.4 Å². The molecule has 0 aliphatic heterocycles. The summed E-state index contributed by atoms with van der Waals surface area (Å²) in [6.07, 6.45) is 0. The third kappa shape index (κ3) is 4.21. The standard InChI is InChI=1S/C18H13ClN2O7/c1-26-12-3-4-13(14(8-12)21(24)25)20-17(22)9-27-18(23)16-7-10-6-11(19)2-5-15(10)28-16/h2-8H,9H2,1H3,(H,20,22). The number of nitro groups is 1. The number of anilines is 1. The summed E-state index contributed by atoms with van der Waals surface area (Å²) in [5.41, 5.74) is 0.0353. The Morgan fingerprint density at radius 2 is 2.00 bits per heavy atom. The second kappa shape index (κ2) is 7.97. The number of amides is 1. The number of carbonyl (C=O) groups excluding carboxylic acids is 2. The van der Waals surface area contributed by atoms with Crippen molar-refractivity contribution >= 4 is 45.8 Å². The first-order valence-corrected chi connectivity index (χ1v) is 8.23. The number of nitrogens with zero attached hydrogens (tertiary/aromatic N) is 1. The van der Waals surface area contributed by atoms with E-state index in [0.29, 0.717) is 16.0 Å². The first-order valence-electron chi connectivity index (χ1n) is 7.86. The van der Waals surface area contributed by atoms with Crippen molar-refractivity contribution in [1.82, 2.24) is 0 Å². The maximum Gasteiger partial charge on any atom is 0.374 e. The number of ether oxygens (including phenoxy) is 2. The van der Waals surface area contributed by atoms with Gasteiger partial charge in [-0.15, -0.1) is 0 Å². The minimum absolute atomic E-state index is 0.0507. The van der Waals surface area contributed by atoms with Crippen LogP contribution in [-0.2, 0) is 9.53 Å². The molecule has 0 unspecified atom stereocenters. The molecule has 9 nitrogen and oxygen atoms in total. The summed E-state index contributed by atoms with van der Waals surface area (Å²) in [6.45, 7) is -0.653. The van der Waals surface area contributed by atoms with Crippen molar-refractivity contribution in [3.63, 3.8) is 0 Å². The van der Waals surface area contributed by atoms with Crippen molar-refractivity contribution in [2.45, 2.75) is 0 Å². The quantitative estimate of drug-likeness (QED) is 0.376. The summed E-state index contributed by atoms with van der Waals surface area (Å²) in [5.74, 6) is -1.44. The predicted octanol–water partition coefficient (Wildman–Crippen LogP) is 3.80. The van der Waals surface area contributed by atoms with E-state index in [0.717, 1.165) is 0 Å². The molecule has 0 bridgehead atoms. The Morgan fingerprint density at radius 3 is 2.71 bits per heavy atom. The van der Waals surface area contributed by atoms with Gasteiger partial charge in [-0.05, 0) is 36.4 Å². The number of nitro benzene ring substituents is 1. The minimum atomic E-state index is -0.855. The lowest BCUT2D eigenvalue weighted by Crippen LogP contribution is -2.21. The van der Waals surface area contributed by atoms with Crippen molar-refractivity contribution in [1.29, 1.82) is 0 Å². The number of methoxy groups -OCH3 is 1. The molecule has 1 heterocycles. The molecule has 0 radical (unpaired) electrons. The molecule has 0 spiro atoms. The number of benzene rings is 2. The van der Waals surface area contributed by atoms with Crippen LogP contribution in [0.1, 0.15) is 10.6 Å². The van der Waals surface area contributed by atoms with Crippen molar-refractivity contribution in [3.8, 4) is 5.75 Å². The van der Waals surface area contributed by atoms with Crippen molar-refractivity contribution in [3.05, 3.63) is 63.4 Å². The van der Waals surface area contributed by atoms with Gasteiger partial charge in [-0.25, -0.2) is 4.79 Å². The van der Waals surface area contributed by atoms with Gasteiger partial charge in [0.15, 0.2) is 6.61 Å². The summed E-state index contributed by atoms with van der Waals surface area (Å²) in [7, 11) is 1.36. The van der Waals surface area contributed by atoms with Gasteiger partial charge >= 0.3 is 5.97 Å². The average molecular weight is 405 g/mol. The number of esters is 1. The van der Waals surface area contributed by atoms with E-state index in [2.05, 4.69) is 5.32 Å². The van der Waals surface area contributed by atoms with Crippen LogP contribution in [0.25, 0.3) is 11.0 Å². The highest BCUT2D eigenvalue weighted by atomic mass is 35.5. The van der Waals surface area contributed by atoms with Gasteiger partial charge < -0.3 is 19.2 Å². The second-order valence-electron chi connectivity index (χ2n) is 5.56. The predicted molar refractivity (Wildman–Crippen MR) is 99.8 cm³/mol. The number of halogens is 1. The van der Waals surface area contributed by atoms with E-state index < -0.39 is 23.4 Å². The van der Waals surface area contributed by atoms with Crippen LogP contribution < -0.4 is 10.1 Å². The van der Waals surface area contributed by atoms with Crippen LogP contribution in [-0.4, -0.2) is 30.5 Å². The van der Waals surface area contributed by atoms with E-state index in [9.17, 15) is 19.7 Å². The molecule has 2 aromatic carbocycles. The highest BCUT2D eigenvalue weighted by Crippen LogP contribution is 2.29. The fourth-order valence-electron chi connectivity index (χ4n) is 2.40. The van der Waals surface area contributed by atoms with Gasteiger partial charge in [-0.3, -0.25) is 14.9 Å². The van der Waals surface area contributed by atoms with Crippen molar-refractivity contribution in [2.75, 3.05) is 19.0 Å². The minimum Gasteiger partial charge on any atom is -0.496 e. The molecule has 3 aromatic rings. The lowest BCUT2D eigenvalue weighted by molar-refractivity contribution is -0.384. The Morgan fingerprint density at radius 1 is 1.21 bits per heavy atom. The Hall–Kier alpha value is -3.59. The normalized spacial score (nSPS) is 10.5. The number of fused-ring (bicyclic) bond motifs is 1. The van der Waals surface area contributed by atoms with Gasteiger partial charge in [-0.2, -0.15) is 0 Å². The third-order valence-corrected chi connectivity index (χ3v) is 3.92. The first-order chi connectivity index (χ1) is 13.4. The summed E-state index contributed by atoms with van der Waals surface area (Å²) in [4.78, 5) is 34.5. The summed E-state index contributed by atoms with van der Waals surface area (Å²) < 4.78 is 15.2. The van der Waals surface area contributed by atoms with E-state index in [1.807, 2.05) is 0 Å². The number of hydrogen-bond acceptors (Lipinski definition) is 7. The Kier molecular flexibility index (Phi) is 5.46. The molecule has 0 fully saturated rings. The molecule has 1 amide bonds. The first kappa shape index (κ1) is 19.2. The zero-order chi connectivity index (χ0) is 20.3. The Bertz CT molecular complexity index is 1080. The second-order valence-corrected chi connectivity index (χ2v) is 5.99. The molecule has 10 heteroatoms. The van der Waals surface area contributed by atoms with E-state index >= 15 is 0 Å². The largest absolute Gasteiger partial charge is 0.496 e. The lowest BCUT2D eigenvalue weighted by atomic mass is 10.2. The molecule has 0 saturated heterocycles. The third-order valence-electron chi connectivity index (χ3n) is 3.69. The highest BCUT2D eigenvalue weighted by Gasteiger charge is 2.19. The lowest BCUT2D eigenvalue weighted by Gasteiger charge is -2.07. The molecule has 0 atom stereocenters.